The van der Waals surface area contributed by atoms with Crippen molar-refractivity contribution in [2.45, 2.75) is 25.7 Å². The van der Waals surface area contributed by atoms with E-state index in [1.54, 1.807) is 13.8 Å². The number of sulfonamides is 1. The summed E-state index contributed by atoms with van der Waals surface area (Å²) in [6.45, 7) is 3.88. The van der Waals surface area contributed by atoms with E-state index in [1.165, 1.54) is 0 Å². The van der Waals surface area contributed by atoms with Crippen LogP contribution in [0.4, 0.5) is 0 Å². The maximum Gasteiger partial charge on any atom is 0.322 e. The molecule has 1 heterocycles. The quantitative estimate of drug-likeness (QED) is 0.658. The third kappa shape index (κ3) is 4.99. The van der Waals surface area contributed by atoms with Crippen molar-refractivity contribution in [2.75, 3.05) is 26.0 Å². The fourth-order valence-corrected chi connectivity index (χ4v) is 2.32. The molecule has 0 aromatic carbocycles. The molecule has 0 bridgehead atoms. The molecule has 1 saturated heterocycles. The molecule has 0 saturated carbocycles. The van der Waals surface area contributed by atoms with Crippen LogP contribution in [0.5, 0.6) is 0 Å². The summed E-state index contributed by atoms with van der Waals surface area (Å²) in [5, 5.41) is 0. The van der Waals surface area contributed by atoms with E-state index < -0.39 is 27.5 Å². The molecule has 0 aromatic rings. The van der Waals surface area contributed by atoms with Crippen molar-refractivity contribution in [3.8, 4) is 0 Å². The molecule has 100 valence electrons. The van der Waals surface area contributed by atoms with Gasteiger partial charge < -0.3 is 14.2 Å². The number of esters is 1. The standard InChI is InChI=1S/C9H17NO6S/c1-9(2)15-5-7(16-9)4-10-17(12,13)6-8(11)14-3/h7,10H,4-6H2,1-3H3. The lowest BCUT2D eigenvalue weighted by Gasteiger charge is -2.17. The highest BCUT2D eigenvalue weighted by atomic mass is 32.2. The molecule has 1 fully saturated rings. The van der Waals surface area contributed by atoms with Crippen LogP contribution in [0.3, 0.4) is 0 Å². The van der Waals surface area contributed by atoms with E-state index in [9.17, 15) is 13.2 Å². The Kier molecular flexibility index (Phi) is 4.48. The summed E-state index contributed by atoms with van der Waals surface area (Å²) in [4.78, 5) is 10.8. The van der Waals surface area contributed by atoms with Crippen LogP contribution in [0, 0.1) is 0 Å². The Balaban J connectivity index is 2.38. The first-order valence-electron chi connectivity index (χ1n) is 5.10. The van der Waals surface area contributed by atoms with Crippen molar-refractivity contribution in [3.63, 3.8) is 0 Å². The molecule has 1 rings (SSSR count). The summed E-state index contributed by atoms with van der Waals surface area (Å²) < 4.78 is 40.0. The van der Waals surface area contributed by atoms with Crippen LogP contribution in [0.2, 0.25) is 0 Å². The number of nitrogens with one attached hydrogen (secondary N) is 1. The van der Waals surface area contributed by atoms with Gasteiger partial charge in [0.05, 0.1) is 19.8 Å². The smallest absolute Gasteiger partial charge is 0.322 e. The first-order chi connectivity index (χ1) is 7.74. The van der Waals surface area contributed by atoms with Crippen LogP contribution < -0.4 is 4.72 Å². The lowest BCUT2D eigenvalue weighted by molar-refractivity contribution is -0.138. The van der Waals surface area contributed by atoms with Crippen molar-refractivity contribution in [1.29, 1.82) is 0 Å². The van der Waals surface area contributed by atoms with E-state index in [1.807, 2.05) is 0 Å². The van der Waals surface area contributed by atoms with Gasteiger partial charge in [-0.25, -0.2) is 13.1 Å². The van der Waals surface area contributed by atoms with Gasteiger partial charge in [-0.1, -0.05) is 0 Å². The predicted molar refractivity (Wildman–Crippen MR) is 58.7 cm³/mol. The van der Waals surface area contributed by atoms with Gasteiger partial charge in [-0.15, -0.1) is 0 Å². The van der Waals surface area contributed by atoms with Gasteiger partial charge in [0.2, 0.25) is 10.0 Å². The van der Waals surface area contributed by atoms with Crippen LogP contribution in [-0.4, -0.2) is 52.3 Å². The zero-order chi connectivity index (χ0) is 13.1. The average Bonchev–Trinajstić information content (AvgIpc) is 2.55. The minimum atomic E-state index is -3.68. The molecule has 0 radical (unpaired) electrons. The summed E-state index contributed by atoms with van der Waals surface area (Å²) in [6.07, 6.45) is -0.350. The van der Waals surface area contributed by atoms with Crippen LogP contribution in [0.1, 0.15) is 13.8 Å². The molecule has 0 spiro atoms. The summed E-state index contributed by atoms with van der Waals surface area (Å²) in [7, 11) is -2.54. The molecule has 0 aliphatic carbocycles. The third-order valence-corrected chi connectivity index (χ3v) is 3.36. The summed E-state index contributed by atoms with van der Waals surface area (Å²) in [6, 6.07) is 0. The van der Waals surface area contributed by atoms with E-state index >= 15 is 0 Å². The van der Waals surface area contributed by atoms with Gasteiger partial charge >= 0.3 is 5.97 Å². The van der Waals surface area contributed by atoms with Crippen molar-refractivity contribution in [3.05, 3.63) is 0 Å². The normalized spacial score (nSPS) is 23.6. The number of ether oxygens (including phenoxy) is 3. The Morgan fingerprint density at radius 1 is 1.53 bits per heavy atom. The first-order valence-corrected chi connectivity index (χ1v) is 6.75. The van der Waals surface area contributed by atoms with Gasteiger partial charge in [-0.05, 0) is 13.8 Å². The highest BCUT2D eigenvalue weighted by molar-refractivity contribution is 7.90. The minimum absolute atomic E-state index is 0.0722. The third-order valence-electron chi connectivity index (χ3n) is 2.13. The topological polar surface area (TPSA) is 90.9 Å². The molecular formula is C9H17NO6S. The maximum atomic E-state index is 11.4. The Bertz CT molecular complexity index is 377. The maximum absolute atomic E-state index is 11.4. The Morgan fingerprint density at radius 3 is 2.65 bits per heavy atom. The van der Waals surface area contributed by atoms with Crippen LogP contribution in [0.25, 0.3) is 0 Å². The Morgan fingerprint density at radius 2 is 2.18 bits per heavy atom. The number of rotatable bonds is 5. The fourth-order valence-electron chi connectivity index (χ4n) is 1.35. The summed E-state index contributed by atoms with van der Waals surface area (Å²) in [5.41, 5.74) is 0. The second-order valence-electron chi connectivity index (χ2n) is 4.13. The van der Waals surface area contributed by atoms with Crippen molar-refractivity contribution >= 4 is 16.0 Å². The number of methoxy groups -OCH3 is 1. The number of hydrogen-bond acceptors (Lipinski definition) is 6. The molecule has 1 atom stereocenters. The second-order valence-corrected chi connectivity index (χ2v) is 5.94. The monoisotopic (exact) mass is 267 g/mol. The van der Waals surface area contributed by atoms with E-state index in [2.05, 4.69) is 9.46 Å². The lowest BCUT2D eigenvalue weighted by Crippen LogP contribution is -2.37. The highest BCUT2D eigenvalue weighted by Crippen LogP contribution is 2.21. The van der Waals surface area contributed by atoms with Crippen LogP contribution in [0.15, 0.2) is 0 Å². The van der Waals surface area contributed by atoms with Gasteiger partial charge in [-0.3, -0.25) is 4.79 Å². The van der Waals surface area contributed by atoms with E-state index in [0.717, 1.165) is 7.11 Å². The number of hydrogen-bond donors (Lipinski definition) is 1. The molecule has 1 unspecified atom stereocenters. The largest absolute Gasteiger partial charge is 0.468 e. The Labute approximate surface area is 100 Å². The van der Waals surface area contributed by atoms with Gasteiger partial charge in [0.1, 0.15) is 0 Å². The van der Waals surface area contributed by atoms with Crippen LogP contribution in [-0.2, 0) is 29.0 Å². The summed E-state index contributed by atoms with van der Waals surface area (Å²) >= 11 is 0. The molecule has 8 heteroatoms. The molecule has 17 heavy (non-hydrogen) atoms. The molecule has 7 nitrogen and oxygen atoms in total. The Hall–Kier alpha value is -0.700. The van der Waals surface area contributed by atoms with Crippen molar-refractivity contribution < 1.29 is 27.4 Å². The second kappa shape index (κ2) is 5.30. The molecule has 1 aliphatic heterocycles. The predicted octanol–water partition coefficient (Wildman–Crippen LogP) is -0.770. The SMILES string of the molecule is COC(=O)CS(=O)(=O)NCC1COC(C)(C)O1. The summed E-state index contributed by atoms with van der Waals surface area (Å²) in [5.74, 6) is -2.19. The van der Waals surface area contributed by atoms with E-state index in [0.29, 0.717) is 6.61 Å². The van der Waals surface area contributed by atoms with Gasteiger partial charge in [0.15, 0.2) is 11.5 Å². The van der Waals surface area contributed by atoms with E-state index in [-0.39, 0.29) is 12.6 Å². The molecule has 1 aliphatic rings. The first kappa shape index (κ1) is 14.4. The molecule has 0 aromatic heterocycles. The van der Waals surface area contributed by atoms with Gasteiger partial charge in [-0.2, -0.15) is 0 Å². The van der Waals surface area contributed by atoms with Crippen LogP contribution >= 0.6 is 0 Å². The van der Waals surface area contributed by atoms with Crippen molar-refractivity contribution in [1.82, 2.24) is 4.72 Å². The average molecular weight is 267 g/mol. The zero-order valence-corrected chi connectivity index (χ0v) is 10.9. The molecule has 1 N–H and O–H groups in total. The van der Waals surface area contributed by atoms with Gasteiger partial charge in [0, 0.05) is 6.54 Å². The molecular weight excluding hydrogens is 250 g/mol. The number of carbonyl (C=O) groups is 1. The van der Waals surface area contributed by atoms with Gasteiger partial charge in [0.25, 0.3) is 0 Å². The fraction of sp³-hybridized carbons (Fsp3) is 0.889. The van der Waals surface area contributed by atoms with E-state index in [4.69, 9.17) is 9.47 Å². The van der Waals surface area contributed by atoms with Crippen molar-refractivity contribution in [2.24, 2.45) is 0 Å². The highest BCUT2D eigenvalue weighted by Gasteiger charge is 2.33. The minimum Gasteiger partial charge on any atom is -0.468 e. The molecule has 0 amide bonds. The zero-order valence-electron chi connectivity index (χ0n) is 10.1. The number of carbonyl (C=O) groups excluding carboxylic acids is 1. The lowest BCUT2D eigenvalue weighted by atomic mass is 10.4.